The molecule has 0 aliphatic carbocycles. The third kappa shape index (κ3) is 39.3. The Morgan fingerprint density at radius 2 is 0.897 bits per heavy atom. The zero-order valence-electron chi connectivity index (χ0n) is 38.7. The van der Waals surface area contributed by atoms with Gasteiger partial charge in [-0.25, -0.2) is 0 Å². The molecule has 0 N–H and O–H groups in total. The highest BCUT2D eigenvalue weighted by molar-refractivity contribution is 5.70. The number of nitrogens with zero attached hydrogens (tertiary/aromatic N) is 1. The summed E-state index contributed by atoms with van der Waals surface area (Å²) in [5.74, 6) is -1.74. The van der Waals surface area contributed by atoms with E-state index in [4.69, 9.17) is 14.2 Å². The van der Waals surface area contributed by atoms with Gasteiger partial charge in [0, 0.05) is 19.3 Å². The minimum Gasteiger partial charge on any atom is -0.544 e. The molecule has 0 aliphatic heterocycles. The molecule has 0 rings (SSSR count). The molecule has 0 saturated heterocycles. The largest absolute Gasteiger partial charge is 0.544 e. The second-order valence-electron chi connectivity index (χ2n) is 17.7. The van der Waals surface area contributed by atoms with Gasteiger partial charge in [0.1, 0.15) is 12.6 Å². The molecule has 0 fully saturated rings. The second kappa shape index (κ2) is 41.5. The Morgan fingerprint density at radius 1 is 0.517 bits per heavy atom. The number of likely N-dealkylation sites (N-methyl/N-ethyl adjacent to an activating group) is 1. The molecule has 0 aliphatic rings. The van der Waals surface area contributed by atoms with Crippen molar-refractivity contribution in [3.63, 3.8) is 0 Å². The number of unbranched alkanes of at least 4 members (excludes halogenated alkanes) is 27. The van der Waals surface area contributed by atoms with Crippen molar-refractivity contribution in [2.75, 3.05) is 41.0 Å². The lowest BCUT2D eigenvalue weighted by Crippen LogP contribution is -2.55. The number of rotatable bonds is 44. The molecule has 0 saturated carbocycles. The third-order valence-corrected chi connectivity index (χ3v) is 11.1. The van der Waals surface area contributed by atoms with Crippen LogP contribution in [0, 0.1) is 0 Å². The fraction of sp³-hybridized carbons (Fsp3) is 0.860. The molecule has 8 nitrogen and oxygen atoms in total. The topological polar surface area (TPSA) is 102 Å². The van der Waals surface area contributed by atoms with Gasteiger partial charge in [-0.2, -0.15) is 0 Å². The minimum absolute atomic E-state index is 0.0400. The van der Waals surface area contributed by atoms with Gasteiger partial charge in [-0.15, -0.1) is 0 Å². The van der Waals surface area contributed by atoms with E-state index in [1.807, 2.05) is 0 Å². The molecule has 0 amide bonds. The standard InChI is InChI=1S/C50H93NO7/c1-6-8-10-12-14-16-18-20-22-23-24-25-27-28-30-32-34-36-38-40-48(52)57-45-46(44-56-43-42-47(50(54)55)51(3,4)5)58-49(53)41-39-37-35-33-31-29-26-21-19-17-15-13-11-9-7-2/h15,17,19,21,46-47H,6-14,16,18,20,22-45H2,1-5H3/b17-15+,21-19+. The Morgan fingerprint density at radius 3 is 1.33 bits per heavy atom. The van der Waals surface area contributed by atoms with E-state index in [-0.39, 0.29) is 42.7 Å². The summed E-state index contributed by atoms with van der Waals surface area (Å²) in [5.41, 5.74) is 0. The zero-order chi connectivity index (χ0) is 42.8. The molecule has 0 heterocycles. The fourth-order valence-electron chi connectivity index (χ4n) is 7.30. The van der Waals surface area contributed by atoms with E-state index in [2.05, 4.69) is 38.2 Å². The van der Waals surface area contributed by atoms with Crippen molar-refractivity contribution in [2.45, 2.75) is 238 Å². The monoisotopic (exact) mass is 820 g/mol. The van der Waals surface area contributed by atoms with E-state index in [0.717, 1.165) is 57.8 Å². The van der Waals surface area contributed by atoms with Gasteiger partial charge in [0.25, 0.3) is 0 Å². The van der Waals surface area contributed by atoms with Crippen molar-refractivity contribution >= 4 is 17.9 Å². The molecular weight excluding hydrogens is 727 g/mol. The van der Waals surface area contributed by atoms with Crippen LogP contribution in [0.15, 0.2) is 24.3 Å². The summed E-state index contributed by atoms with van der Waals surface area (Å²) < 4.78 is 17.2. The van der Waals surface area contributed by atoms with Crippen LogP contribution < -0.4 is 5.11 Å². The van der Waals surface area contributed by atoms with Gasteiger partial charge in [-0.05, 0) is 38.5 Å². The van der Waals surface area contributed by atoms with E-state index in [9.17, 15) is 19.5 Å². The summed E-state index contributed by atoms with van der Waals surface area (Å²) in [6, 6.07) is -0.725. The predicted octanol–water partition coefficient (Wildman–Crippen LogP) is 12.3. The maximum absolute atomic E-state index is 12.7. The van der Waals surface area contributed by atoms with Crippen molar-refractivity contribution in [3.8, 4) is 0 Å². The lowest BCUT2D eigenvalue weighted by molar-refractivity contribution is -0.889. The van der Waals surface area contributed by atoms with E-state index >= 15 is 0 Å². The summed E-state index contributed by atoms with van der Waals surface area (Å²) in [5, 5.41) is 11.6. The van der Waals surface area contributed by atoms with E-state index in [1.54, 1.807) is 21.1 Å². The van der Waals surface area contributed by atoms with Gasteiger partial charge < -0.3 is 28.6 Å². The van der Waals surface area contributed by atoms with E-state index < -0.39 is 18.1 Å². The first-order valence-corrected chi connectivity index (χ1v) is 24.4. The lowest BCUT2D eigenvalue weighted by atomic mass is 10.0. The molecule has 8 heteroatoms. The molecule has 58 heavy (non-hydrogen) atoms. The van der Waals surface area contributed by atoms with Crippen LogP contribution in [-0.2, 0) is 28.6 Å². The maximum Gasteiger partial charge on any atom is 0.306 e. The van der Waals surface area contributed by atoms with Crippen molar-refractivity contribution in [1.29, 1.82) is 0 Å². The predicted molar refractivity (Wildman–Crippen MR) is 240 cm³/mol. The Hall–Kier alpha value is -2.19. The number of carbonyl (C=O) groups is 3. The molecule has 0 radical (unpaired) electrons. The van der Waals surface area contributed by atoms with Crippen LogP contribution >= 0.6 is 0 Å². The lowest BCUT2D eigenvalue weighted by Gasteiger charge is -2.34. The first kappa shape index (κ1) is 55.8. The Labute approximate surface area is 358 Å². The number of aliphatic carboxylic acids is 1. The first-order chi connectivity index (χ1) is 28.1. The van der Waals surface area contributed by atoms with Crippen LogP contribution in [0.25, 0.3) is 0 Å². The average molecular weight is 820 g/mol. The summed E-state index contributed by atoms with van der Waals surface area (Å²) in [7, 11) is 5.41. The van der Waals surface area contributed by atoms with E-state index in [1.165, 1.54) is 135 Å². The summed E-state index contributed by atoms with van der Waals surface area (Å²) >= 11 is 0. The van der Waals surface area contributed by atoms with E-state index in [0.29, 0.717) is 12.8 Å². The van der Waals surface area contributed by atoms with Crippen LogP contribution in [0.5, 0.6) is 0 Å². The van der Waals surface area contributed by atoms with Gasteiger partial charge in [0.2, 0.25) is 0 Å². The highest BCUT2D eigenvalue weighted by atomic mass is 16.6. The van der Waals surface area contributed by atoms with Gasteiger partial charge in [-0.3, -0.25) is 9.59 Å². The number of ether oxygens (including phenoxy) is 3. The molecule has 340 valence electrons. The fourth-order valence-corrected chi connectivity index (χ4v) is 7.30. The van der Waals surface area contributed by atoms with Crippen molar-refractivity contribution < 1.29 is 38.2 Å². The number of carboxylic acids is 1. The molecule has 0 aromatic heterocycles. The van der Waals surface area contributed by atoms with Crippen LogP contribution in [0.3, 0.4) is 0 Å². The number of esters is 2. The van der Waals surface area contributed by atoms with Gasteiger partial charge in [-0.1, -0.05) is 192 Å². The van der Waals surface area contributed by atoms with Crippen LogP contribution in [0.2, 0.25) is 0 Å². The molecule has 2 unspecified atom stereocenters. The second-order valence-corrected chi connectivity index (χ2v) is 17.7. The summed E-state index contributed by atoms with van der Waals surface area (Å²) in [6.45, 7) is 4.65. The van der Waals surface area contributed by atoms with Gasteiger partial charge >= 0.3 is 11.9 Å². The molecule has 0 spiro atoms. The number of carboxylic acid groups (broad SMARTS) is 1. The Balaban J connectivity index is 4.25. The molecule has 2 atom stereocenters. The highest BCUT2D eigenvalue weighted by Gasteiger charge is 2.25. The Kier molecular flexibility index (Phi) is 40.0. The summed E-state index contributed by atoms with van der Waals surface area (Å²) in [4.78, 5) is 36.9. The number of hydrogen-bond acceptors (Lipinski definition) is 7. The van der Waals surface area contributed by atoms with Crippen LogP contribution in [-0.4, -0.2) is 75.5 Å². The first-order valence-electron chi connectivity index (χ1n) is 24.4. The maximum atomic E-state index is 12.7. The quantitative estimate of drug-likeness (QED) is 0.0261. The van der Waals surface area contributed by atoms with Crippen molar-refractivity contribution in [1.82, 2.24) is 0 Å². The molecule has 0 aromatic rings. The number of hydrogen-bond donors (Lipinski definition) is 0. The zero-order valence-corrected chi connectivity index (χ0v) is 38.7. The van der Waals surface area contributed by atoms with Crippen molar-refractivity contribution in [2.24, 2.45) is 0 Å². The highest BCUT2D eigenvalue weighted by Crippen LogP contribution is 2.16. The van der Waals surface area contributed by atoms with Crippen LogP contribution in [0.4, 0.5) is 0 Å². The molecular formula is C50H93NO7. The summed E-state index contributed by atoms with van der Waals surface area (Å²) in [6.07, 6.45) is 46.3. The number of quaternary nitrogens is 1. The third-order valence-electron chi connectivity index (χ3n) is 11.1. The molecule has 0 bridgehead atoms. The minimum atomic E-state index is -1.12. The normalized spacial score (nSPS) is 13.1. The number of allylic oxidation sites excluding steroid dienone is 4. The SMILES string of the molecule is CCCCC/C=C/C=C/CCCCCCCCC(=O)OC(COCCC(C(=O)[O-])[N+](C)(C)C)COC(=O)CCCCCCCCCCCCCCCCCCCCC. The van der Waals surface area contributed by atoms with Gasteiger partial charge in [0.15, 0.2) is 6.10 Å². The Bertz CT molecular complexity index is 1000. The molecule has 0 aromatic carbocycles. The van der Waals surface area contributed by atoms with Gasteiger partial charge in [0.05, 0.1) is 40.3 Å². The van der Waals surface area contributed by atoms with Crippen LogP contribution in [0.1, 0.15) is 226 Å². The smallest absolute Gasteiger partial charge is 0.306 e. The van der Waals surface area contributed by atoms with Crippen molar-refractivity contribution in [3.05, 3.63) is 24.3 Å². The number of carbonyl (C=O) groups excluding carboxylic acids is 3. The average Bonchev–Trinajstić information content (AvgIpc) is 3.18.